The number of amides is 1. The zero-order chi connectivity index (χ0) is 25.8. The summed E-state index contributed by atoms with van der Waals surface area (Å²) in [4.78, 5) is 16.4. The maximum atomic E-state index is 14.0. The molecule has 0 bridgehead atoms. The van der Waals surface area contributed by atoms with Gasteiger partial charge in [-0.25, -0.2) is 0 Å². The molecule has 0 spiro atoms. The molecule has 5 nitrogen and oxygen atoms in total. The summed E-state index contributed by atoms with van der Waals surface area (Å²) in [5.74, 6) is 0.555. The van der Waals surface area contributed by atoms with Crippen molar-refractivity contribution >= 4 is 17.5 Å². The molecular formula is C30H36ClN3O2. The van der Waals surface area contributed by atoms with Gasteiger partial charge >= 0.3 is 0 Å². The first kappa shape index (κ1) is 26.2. The number of nitrogens with one attached hydrogen (secondary N) is 1. The Morgan fingerprint density at radius 3 is 2.06 bits per heavy atom. The number of hydrogen-bond acceptors (Lipinski definition) is 4. The number of methoxy groups -OCH3 is 1. The standard InChI is InChI=1S/C30H36ClN3O2/c1-22(2)20-29(34-17-10-18-34,33-21-23-15-16-26(31)27(19-23)36-3)30(28(32)35,24-11-6-4-7-12-24)25-13-8-5-9-14-25/h4-9,11-16,19,22,33H,10,17-18,20-21H2,1-3H3,(H2,32,35). The first-order chi connectivity index (χ1) is 17.3. The Hall–Kier alpha value is -2.86. The number of benzene rings is 3. The largest absolute Gasteiger partial charge is 0.495 e. The highest BCUT2D eigenvalue weighted by atomic mass is 35.5. The summed E-state index contributed by atoms with van der Waals surface area (Å²) in [7, 11) is 1.62. The van der Waals surface area contributed by atoms with Crippen LogP contribution in [0.2, 0.25) is 5.02 Å². The number of halogens is 1. The normalized spacial score (nSPS) is 15.8. The van der Waals surface area contributed by atoms with Crippen LogP contribution in [0.15, 0.2) is 78.9 Å². The highest BCUT2D eigenvalue weighted by molar-refractivity contribution is 6.32. The molecule has 0 radical (unpaired) electrons. The van der Waals surface area contributed by atoms with Crippen LogP contribution in [0.3, 0.4) is 0 Å². The van der Waals surface area contributed by atoms with Crippen molar-refractivity contribution in [2.24, 2.45) is 11.7 Å². The van der Waals surface area contributed by atoms with Gasteiger partial charge in [-0.15, -0.1) is 0 Å². The minimum absolute atomic E-state index is 0.295. The van der Waals surface area contributed by atoms with E-state index in [1.54, 1.807) is 7.11 Å². The molecule has 6 heteroatoms. The van der Waals surface area contributed by atoms with Crippen LogP contribution in [-0.4, -0.2) is 36.7 Å². The number of nitrogens with two attached hydrogens (primary N) is 1. The lowest BCUT2D eigenvalue weighted by Gasteiger charge is -2.59. The fraction of sp³-hybridized carbons (Fsp3) is 0.367. The van der Waals surface area contributed by atoms with Crippen molar-refractivity contribution in [3.63, 3.8) is 0 Å². The number of hydrogen-bond donors (Lipinski definition) is 2. The summed E-state index contributed by atoms with van der Waals surface area (Å²) in [6.45, 7) is 6.69. The highest BCUT2D eigenvalue weighted by Gasteiger charge is 2.61. The molecular weight excluding hydrogens is 470 g/mol. The topological polar surface area (TPSA) is 67.6 Å². The van der Waals surface area contributed by atoms with Gasteiger partial charge in [0, 0.05) is 19.6 Å². The summed E-state index contributed by atoms with van der Waals surface area (Å²) in [5.41, 5.74) is 7.41. The van der Waals surface area contributed by atoms with Crippen LogP contribution in [0.5, 0.6) is 5.75 Å². The molecule has 1 unspecified atom stereocenters. The Bertz CT molecular complexity index is 1130. The van der Waals surface area contributed by atoms with Gasteiger partial charge in [0.15, 0.2) is 0 Å². The predicted molar refractivity (Wildman–Crippen MR) is 146 cm³/mol. The van der Waals surface area contributed by atoms with E-state index in [9.17, 15) is 4.79 Å². The summed E-state index contributed by atoms with van der Waals surface area (Å²) in [6.07, 6.45) is 1.80. The van der Waals surface area contributed by atoms with Crippen LogP contribution in [0.1, 0.15) is 43.4 Å². The molecule has 0 saturated carbocycles. The van der Waals surface area contributed by atoms with E-state index in [-0.39, 0.29) is 5.91 Å². The molecule has 1 amide bonds. The predicted octanol–water partition coefficient (Wildman–Crippen LogP) is 5.36. The first-order valence-electron chi connectivity index (χ1n) is 12.6. The lowest BCUT2D eigenvalue weighted by molar-refractivity contribution is -0.135. The van der Waals surface area contributed by atoms with Gasteiger partial charge in [0.2, 0.25) is 5.91 Å². The molecule has 1 atom stereocenters. The van der Waals surface area contributed by atoms with E-state index < -0.39 is 11.1 Å². The number of nitrogens with zero attached hydrogens (tertiary/aromatic N) is 1. The van der Waals surface area contributed by atoms with Crippen molar-refractivity contribution in [2.45, 2.75) is 44.3 Å². The SMILES string of the molecule is COc1cc(CNC(CC(C)C)(N2CCC2)C(C(N)=O)(c2ccccc2)c2ccccc2)ccc1Cl. The van der Waals surface area contributed by atoms with E-state index in [1.165, 1.54) is 0 Å². The van der Waals surface area contributed by atoms with E-state index in [1.807, 2.05) is 78.9 Å². The number of rotatable bonds is 11. The van der Waals surface area contributed by atoms with Crippen LogP contribution >= 0.6 is 11.6 Å². The van der Waals surface area contributed by atoms with Crippen molar-refractivity contribution < 1.29 is 9.53 Å². The third-order valence-electron chi connectivity index (χ3n) is 7.30. The monoisotopic (exact) mass is 505 g/mol. The molecule has 4 rings (SSSR count). The smallest absolute Gasteiger partial charge is 0.235 e. The molecule has 3 N–H and O–H groups in total. The number of carbonyl (C=O) groups is 1. The highest BCUT2D eigenvalue weighted by Crippen LogP contribution is 2.48. The summed E-state index contributed by atoms with van der Waals surface area (Å²) in [5, 5.41) is 4.47. The third-order valence-corrected chi connectivity index (χ3v) is 7.62. The van der Waals surface area contributed by atoms with Gasteiger partial charge in [-0.1, -0.05) is 92.2 Å². The second-order valence-electron chi connectivity index (χ2n) is 9.97. The molecule has 3 aromatic carbocycles. The zero-order valence-electron chi connectivity index (χ0n) is 21.3. The van der Waals surface area contributed by atoms with Crippen molar-refractivity contribution in [2.75, 3.05) is 20.2 Å². The summed E-state index contributed by atoms with van der Waals surface area (Å²) >= 11 is 6.30. The van der Waals surface area contributed by atoms with Crippen molar-refractivity contribution in [1.82, 2.24) is 10.2 Å². The van der Waals surface area contributed by atoms with Gasteiger partial charge in [-0.2, -0.15) is 0 Å². The van der Waals surface area contributed by atoms with Crippen molar-refractivity contribution in [3.05, 3.63) is 101 Å². The maximum Gasteiger partial charge on any atom is 0.235 e. The second-order valence-corrected chi connectivity index (χ2v) is 10.4. The van der Waals surface area contributed by atoms with Crippen LogP contribution in [0, 0.1) is 5.92 Å². The van der Waals surface area contributed by atoms with Crippen LogP contribution in [-0.2, 0) is 16.8 Å². The van der Waals surface area contributed by atoms with Gasteiger partial charge in [0.25, 0.3) is 0 Å². The number of carbonyl (C=O) groups excluding carboxylic acids is 1. The van der Waals surface area contributed by atoms with Crippen LogP contribution in [0.25, 0.3) is 0 Å². The Kier molecular flexibility index (Phi) is 8.04. The number of primary amides is 1. The fourth-order valence-corrected chi connectivity index (χ4v) is 5.89. The number of ether oxygens (including phenoxy) is 1. The Labute approximate surface area is 219 Å². The van der Waals surface area contributed by atoms with E-state index in [0.717, 1.165) is 42.6 Å². The molecule has 190 valence electrons. The molecule has 3 aromatic rings. The lowest BCUT2D eigenvalue weighted by atomic mass is 9.61. The van der Waals surface area contributed by atoms with Crippen LogP contribution in [0.4, 0.5) is 0 Å². The van der Waals surface area contributed by atoms with E-state index in [4.69, 9.17) is 22.1 Å². The fourth-order valence-electron chi connectivity index (χ4n) is 5.70. The van der Waals surface area contributed by atoms with E-state index >= 15 is 0 Å². The van der Waals surface area contributed by atoms with Crippen molar-refractivity contribution in [1.29, 1.82) is 0 Å². The lowest BCUT2D eigenvalue weighted by Crippen LogP contribution is -2.76. The summed E-state index contributed by atoms with van der Waals surface area (Å²) < 4.78 is 5.46. The van der Waals surface area contributed by atoms with Gasteiger partial charge < -0.3 is 10.5 Å². The molecule has 0 aromatic heterocycles. The minimum Gasteiger partial charge on any atom is -0.495 e. The average molecular weight is 506 g/mol. The first-order valence-corrected chi connectivity index (χ1v) is 13.0. The minimum atomic E-state index is -1.13. The molecule has 1 heterocycles. The average Bonchev–Trinajstić information content (AvgIpc) is 2.83. The van der Waals surface area contributed by atoms with E-state index in [2.05, 4.69) is 24.1 Å². The Morgan fingerprint density at radius 2 is 1.61 bits per heavy atom. The Balaban J connectivity index is 1.96. The van der Waals surface area contributed by atoms with Crippen molar-refractivity contribution in [3.8, 4) is 5.75 Å². The second kappa shape index (κ2) is 11.0. The molecule has 1 fully saturated rings. The third kappa shape index (κ3) is 4.63. The van der Waals surface area contributed by atoms with Crippen LogP contribution < -0.4 is 15.8 Å². The maximum absolute atomic E-state index is 14.0. The molecule has 1 aliphatic rings. The molecule has 36 heavy (non-hydrogen) atoms. The van der Waals surface area contributed by atoms with Gasteiger partial charge in [0.1, 0.15) is 11.2 Å². The molecule has 1 saturated heterocycles. The number of likely N-dealkylation sites (tertiary alicyclic amines) is 1. The molecule has 1 aliphatic heterocycles. The van der Waals surface area contributed by atoms with Gasteiger partial charge in [-0.3, -0.25) is 15.0 Å². The van der Waals surface area contributed by atoms with Gasteiger partial charge in [0.05, 0.1) is 17.8 Å². The zero-order valence-corrected chi connectivity index (χ0v) is 22.1. The Morgan fingerprint density at radius 1 is 1.03 bits per heavy atom. The van der Waals surface area contributed by atoms with E-state index in [0.29, 0.717) is 23.2 Å². The quantitative estimate of drug-likeness (QED) is 0.368. The molecule has 0 aliphatic carbocycles. The summed E-state index contributed by atoms with van der Waals surface area (Å²) in [6, 6.07) is 25.8. The van der Waals surface area contributed by atoms with Gasteiger partial charge in [-0.05, 0) is 47.6 Å².